The maximum atomic E-state index is 11.5. The summed E-state index contributed by atoms with van der Waals surface area (Å²) in [5.41, 5.74) is 0.821. The van der Waals surface area contributed by atoms with E-state index in [1.807, 2.05) is 31.2 Å². The zero-order valence-corrected chi connectivity index (χ0v) is 10.4. The Morgan fingerprint density at radius 2 is 2.12 bits per heavy atom. The van der Waals surface area contributed by atoms with Gasteiger partial charge in [-0.3, -0.25) is 4.72 Å². The van der Waals surface area contributed by atoms with Crippen molar-refractivity contribution in [1.82, 2.24) is 4.98 Å². The van der Waals surface area contributed by atoms with Crippen molar-refractivity contribution in [2.75, 3.05) is 10.5 Å². The average Bonchev–Trinajstić information content (AvgIpc) is 2.58. The number of aromatic nitrogens is 1. The average molecular weight is 256 g/mol. The number of hydrogen-bond acceptors (Lipinski definition) is 4. The van der Waals surface area contributed by atoms with Gasteiger partial charge < -0.3 is 0 Å². The maximum Gasteiger partial charge on any atom is 0.234 e. The number of benzene rings is 1. The summed E-state index contributed by atoms with van der Waals surface area (Å²) >= 11 is 1.35. The first-order chi connectivity index (χ1) is 7.61. The number of sulfonamides is 1. The van der Waals surface area contributed by atoms with E-state index in [-0.39, 0.29) is 5.75 Å². The molecule has 16 heavy (non-hydrogen) atoms. The fraction of sp³-hybridized carbons (Fsp3) is 0.300. The molecule has 0 atom stereocenters. The Morgan fingerprint density at radius 1 is 1.38 bits per heavy atom. The summed E-state index contributed by atoms with van der Waals surface area (Å²) in [6.45, 7) is 1.83. The Kier molecular flexibility index (Phi) is 3.11. The van der Waals surface area contributed by atoms with Gasteiger partial charge in [0.1, 0.15) is 0 Å². The molecule has 86 valence electrons. The molecule has 0 bridgehead atoms. The molecule has 1 aromatic carbocycles. The maximum absolute atomic E-state index is 11.5. The lowest BCUT2D eigenvalue weighted by molar-refractivity contribution is 0.600. The fourth-order valence-corrected chi connectivity index (χ4v) is 3.58. The minimum Gasteiger partial charge on any atom is -0.259 e. The molecular formula is C10H12N2O2S2. The molecule has 0 radical (unpaired) electrons. The minimum atomic E-state index is -3.23. The number of fused-ring (bicyclic) bond motifs is 1. The van der Waals surface area contributed by atoms with Crippen LogP contribution in [0.15, 0.2) is 24.3 Å². The summed E-state index contributed by atoms with van der Waals surface area (Å²) in [6, 6.07) is 7.57. The summed E-state index contributed by atoms with van der Waals surface area (Å²) in [6.07, 6.45) is 0.597. The van der Waals surface area contributed by atoms with Gasteiger partial charge >= 0.3 is 0 Å². The fourth-order valence-electron chi connectivity index (χ4n) is 1.37. The predicted molar refractivity (Wildman–Crippen MR) is 67.3 cm³/mol. The monoisotopic (exact) mass is 256 g/mol. The summed E-state index contributed by atoms with van der Waals surface area (Å²) in [5.74, 6) is 0.128. The Labute approximate surface area is 98.4 Å². The molecule has 0 aliphatic heterocycles. The highest BCUT2D eigenvalue weighted by molar-refractivity contribution is 7.92. The highest BCUT2D eigenvalue weighted by Crippen LogP contribution is 2.26. The van der Waals surface area contributed by atoms with Crippen molar-refractivity contribution >= 4 is 36.7 Å². The number of hydrogen-bond donors (Lipinski definition) is 1. The van der Waals surface area contributed by atoms with E-state index in [2.05, 4.69) is 9.71 Å². The van der Waals surface area contributed by atoms with Crippen LogP contribution in [0.5, 0.6) is 0 Å². The number of thiazole rings is 1. The van der Waals surface area contributed by atoms with Crippen LogP contribution in [0.1, 0.15) is 13.3 Å². The summed E-state index contributed by atoms with van der Waals surface area (Å²) in [5, 5.41) is 0.439. The van der Waals surface area contributed by atoms with Crippen molar-refractivity contribution in [3.63, 3.8) is 0 Å². The van der Waals surface area contributed by atoms with Gasteiger partial charge in [0.15, 0.2) is 5.13 Å². The van der Waals surface area contributed by atoms with Crippen LogP contribution < -0.4 is 4.72 Å². The van der Waals surface area contributed by atoms with Gasteiger partial charge in [0.05, 0.1) is 16.0 Å². The third-order valence-corrected chi connectivity index (χ3v) is 4.54. The molecule has 1 N–H and O–H groups in total. The number of nitrogens with one attached hydrogen (secondary N) is 1. The smallest absolute Gasteiger partial charge is 0.234 e. The minimum absolute atomic E-state index is 0.128. The van der Waals surface area contributed by atoms with E-state index in [9.17, 15) is 8.42 Å². The quantitative estimate of drug-likeness (QED) is 0.914. The van der Waals surface area contributed by atoms with Crippen molar-refractivity contribution in [2.45, 2.75) is 13.3 Å². The lowest BCUT2D eigenvalue weighted by Crippen LogP contribution is -2.15. The van der Waals surface area contributed by atoms with E-state index >= 15 is 0 Å². The Hall–Kier alpha value is -1.14. The van der Waals surface area contributed by atoms with Crippen molar-refractivity contribution in [1.29, 1.82) is 0 Å². The van der Waals surface area contributed by atoms with Gasteiger partial charge in [-0.05, 0) is 18.6 Å². The second kappa shape index (κ2) is 4.39. The third kappa shape index (κ3) is 2.51. The van der Waals surface area contributed by atoms with Crippen LogP contribution in [0.25, 0.3) is 10.2 Å². The topological polar surface area (TPSA) is 59.1 Å². The largest absolute Gasteiger partial charge is 0.259 e. The van der Waals surface area contributed by atoms with Gasteiger partial charge in [0, 0.05) is 0 Å². The predicted octanol–water partition coefficient (Wildman–Crippen LogP) is 2.45. The van der Waals surface area contributed by atoms with Gasteiger partial charge in [-0.2, -0.15) is 0 Å². The molecule has 2 aromatic rings. The number of rotatable bonds is 4. The Morgan fingerprint density at radius 3 is 2.81 bits per heavy atom. The standard InChI is InChI=1S/C10H12N2O2S2/c1-2-7-16(13,14)12-10-11-8-5-3-4-6-9(8)15-10/h3-6H,2,7H2,1H3,(H,11,12). The van der Waals surface area contributed by atoms with Crippen molar-refractivity contribution < 1.29 is 8.42 Å². The van der Waals surface area contributed by atoms with Gasteiger partial charge in [0.2, 0.25) is 10.0 Å². The second-order valence-electron chi connectivity index (χ2n) is 3.41. The molecule has 0 aliphatic rings. The first-order valence-electron chi connectivity index (χ1n) is 4.97. The lowest BCUT2D eigenvalue weighted by Gasteiger charge is -2.01. The molecule has 0 aliphatic carbocycles. The van der Waals surface area contributed by atoms with Crippen LogP contribution >= 0.6 is 11.3 Å². The van der Waals surface area contributed by atoms with Gasteiger partial charge in [-0.15, -0.1) is 0 Å². The summed E-state index contributed by atoms with van der Waals surface area (Å²) in [4.78, 5) is 4.21. The molecule has 4 nitrogen and oxygen atoms in total. The van der Waals surface area contributed by atoms with E-state index in [0.717, 1.165) is 10.2 Å². The van der Waals surface area contributed by atoms with Crippen molar-refractivity contribution in [2.24, 2.45) is 0 Å². The van der Waals surface area contributed by atoms with Crippen molar-refractivity contribution in [3.8, 4) is 0 Å². The van der Waals surface area contributed by atoms with Crippen LogP contribution in [0.3, 0.4) is 0 Å². The summed E-state index contributed by atoms with van der Waals surface area (Å²) < 4.78 is 26.5. The van der Waals surface area contributed by atoms with Gasteiger partial charge in [0.25, 0.3) is 0 Å². The molecule has 1 heterocycles. The van der Waals surface area contributed by atoms with Crippen LogP contribution in [-0.2, 0) is 10.0 Å². The lowest BCUT2D eigenvalue weighted by atomic mass is 10.3. The van der Waals surface area contributed by atoms with Gasteiger partial charge in [-0.25, -0.2) is 13.4 Å². The Balaban J connectivity index is 2.28. The zero-order valence-electron chi connectivity index (χ0n) is 8.80. The normalized spacial score (nSPS) is 11.8. The highest BCUT2D eigenvalue weighted by atomic mass is 32.2. The van der Waals surface area contributed by atoms with Crippen LogP contribution in [-0.4, -0.2) is 19.2 Å². The SMILES string of the molecule is CCCS(=O)(=O)Nc1nc2ccccc2s1. The van der Waals surface area contributed by atoms with E-state index < -0.39 is 10.0 Å². The van der Waals surface area contributed by atoms with Crippen LogP contribution in [0.4, 0.5) is 5.13 Å². The van der Waals surface area contributed by atoms with Crippen LogP contribution in [0, 0.1) is 0 Å². The summed E-state index contributed by atoms with van der Waals surface area (Å²) in [7, 11) is -3.23. The molecule has 0 fully saturated rings. The molecule has 6 heteroatoms. The third-order valence-electron chi connectivity index (χ3n) is 2.01. The van der Waals surface area contributed by atoms with E-state index in [0.29, 0.717) is 11.6 Å². The van der Waals surface area contributed by atoms with E-state index in [4.69, 9.17) is 0 Å². The van der Waals surface area contributed by atoms with E-state index in [1.54, 1.807) is 0 Å². The molecule has 0 saturated carbocycles. The number of anilines is 1. The number of para-hydroxylation sites is 1. The molecule has 1 aromatic heterocycles. The zero-order chi connectivity index (χ0) is 11.6. The first-order valence-corrected chi connectivity index (χ1v) is 7.43. The molecule has 2 rings (SSSR count). The van der Waals surface area contributed by atoms with Crippen molar-refractivity contribution in [3.05, 3.63) is 24.3 Å². The van der Waals surface area contributed by atoms with Crippen LogP contribution in [0.2, 0.25) is 0 Å². The molecule has 0 amide bonds. The molecular weight excluding hydrogens is 244 g/mol. The van der Waals surface area contributed by atoms with Gasteiger partial charge in [-0.1, -0.05) is 30.4 Å². The molecule has 0 saturated heterocycles. The second-order valence-corrected chi connectivity index (χ2v) is 6.28. The number of nitrogens with zero attached hydrogens (tertiary/aromatic N) is 1. The molecule has 0 unspecified atom stereocenters. The van der Waals surface area contributed by atoms with E-state index in [1.165, 1.54) is 11.3 Å². The highest BCUT2D eigenvalue weighted by Gasteiger charge is 2.11. The molecule has 0 spiro atoms. The Bertz CT molecular complexity index is 557. The first kappa shape index (κ1) is 11.3.